The molecule has 0 aliphatic carbocycles. The van der Waals surface area contributed by atoms with Crippen LogP contribution in [0, 0.1) is 5.82 Å². The van der Waals surface area contributed by atoms with Gasteiger partial charge in [0.15, 0.2) is 17.3 Å². The van der Waals surface area contributed by atoms with E-state index in [0.29, 0.717) is 5.82 Å². The highest BCUT2D eigenvalue weighted by atomic mass is 19.1. The summed E-state index contributed by atoms with van der Waals surface area (Å²) in [5, 5.41) is 10.6. The van der Waals surface area contributed by atoms with Gasteiger partial charge in [0.2, 0.25) is 0 Å². The van der Waals surface area contributed by atoms with Crippen molar-refractivity contribution in [1.82, 2.24) is 25.2 Å². The molecule has 1 amide bonds. The van der Waals surface area contributed by atoms with Gasteiger partial charge in [0.05, 0.1) is 5.56 Å². The Morgan fingerprint density at radius 1 is 1.15 bits per heavy atom. The van der Waals surface area contributed by atoms with Crippen molar-refractivity contribution in [3.8, 4) is 17.1 Å². The quantitative estimate of drug-likeness (QED) is 0.589. The van der Waals surface area contributed by atoms with Gasteiger partial charge in [0.25, 0.3) is 5.91 Å². The van der Waals surface area contributed by atoms with Gasteiger partial charge >= 0.3 is 0 Å². The molecular formula is C19H14FN5O2. The first-order chi connectivity index (χ1) is 13.2. The number of nitrogens with zero attached hydrogens (tertiary/aromatic N) is 4. The summed E-state index contributed by atoms with van der Waals surface area (Å²) >= 11 is 0. The smallest absolute Gasteiger partial charge is 0.273 e. The Morgan fingerprint density at radius 2 is 2.04 bits per heavy atom. The number of benzene rings is 1. The van der Waals surface area contributed by atoms with E-state index in [0.717, 1.165) is 5.56 Å². The van der Waals surface area contributed by atoms with Gasteiger partial charge in [-0.25, -0.2) is 14.1 Å². The lowest BCUT2D eigenvalue weighted by molar-refractivity contribution is 0.0942. The maximum Gasteiger partial charge on any atom is 0.273 e. The highest BCUT2D eigenvalue weighted by molar-refractivity contribution is 5.93. The van der Waals surface area contributed by atoms with Crippen molar-refractivity contribution in [3.05, 3.63) is 84.2 Å². The summed E-state index contributed by atoms with van der Waals surface area (Å²) in [4.78, 5) is 16.7. The fourth-order valence-electron chi connectivity index (χ4n) is 2.60. The predicted octanol–water partition coefficient (Wildman–Crippen LogP) is 2.99. The second-order valence-electron chi connectivity index (χ2n) is 5.68. The Hall–Kier alpha value is -3.81. The summed E-state index contributed by atoms with van der Waals surface area (Å²) in [5.74, 6) is -0.0664. The molecular weight excluding hydrogens is 349 g/mol. The minimum absolute atomic E-state index is 0.0674. The summed E-state index contributed by atoms with van der Waals surface area (Å²) in [7, 11) is 0. The minimum atomic E-state index is -0.445. The van der Waals surface area contributed by atoms with Crippen LogP contribution in [0.25, 0.3) is 17.1 Å². The summed E-state index contributed by atoms with van der Waals surface area (Å²) in [6.45, 7) is 0.226. The van der Waals surface area contributed by atoms with Crippen molar-refractivity contribution in [2.45, 2.75) is 6.54 Å². The zero-order valence-corrected chi connectivity index (χ0v) is 14.0. The van der Waals surface area contributed by atoms with E-state index in [2.05, 4.69) is 20.6 Å². The number of amides is 1. The number of hydrogen-bond acceptors (Lipinski definition) is 5. The van der Waals surface area contributed by atoms with Crippen LogP contribution in [0.1, 0.15) is 16.1 Å². The molecule has 0 fully saturated rings. The van der Waals surface area contributed by atoms with Gasteiger partial charge < -0.3 is 9.84 Å². The first-order valence-electron chi connectivity index (χ1n) is 8.16. The Bertz CT molecular complexity index is 1080. The van der Waals surface area contributed by atoms with Gasteiger partial charge in [-0.2, -0.15) is 5.10 Å². The molecule has 0 bridgehead atoms. The van der Waals surface area contributed by atoms with Gasteiger partial charge in [-0.15, -0.1) is 0 Å². The Balaban J connectivity index is 1.49. The maximum absolute atomic E-state index is 13.8. The lowest BCUT2D eigenvalue weighted by Gasteiger charge is -2.08. The van der Waals surface area contributed by atoms with Crippen LogP contribution in [0.15, 0.2) is 71.6 Å². The zero-order chi connectivity index (χ0) is 18.6. The van der Waals surface area contributed by atoms with Crippen molar-refractivity contribution in [3.63, 3.8) is 0 Å². The lowest BCUT2D eigenvalue weighted by Crippen LogP contribution is -2.24. The van der Waals surface area contributed by atoms with Crippen molar-refractivity contribution in [1.29, 1.82) is 0 Å². The molecule has 8 heteroatoms. The highest BCUT2D eigenvalue weighted by Gasteiger charge is 2.16. The number of nitrogens with one attached hydrogen (secondary N) is 1. The van der Waals surface area contributed by atoms with Crippen LogP contribution in [-0.4, -0.2) is 25.8 Å². The van der Waals surface area contributed by atoms with E-state index in [1.807, 2.05) is 6.07 Å². The normalized spacial score (nSPS) is 10.7. The number of hydrogen-bond donors (Lipinski definition) is 1. The van der Waals surface area contributed by atoms with Crippen molar-refractivity contribution >= 4 is 5.91 Å². The van der Waals surface area contributed by atoms with Crippen LogP contribution in [0.4, 0.5) is 4.39 Å². The number of rotatable bonds is 5. The Morgan fingerprint density at radius 3 is 2.85 bits per heavy atom. The molecule has 4 aromatic rings. The van der Waals surface area contributed by atoms with Crippen LogP contribution >= 0.6 is 0 Å². The predicted molar refractivity (Wildman–Crippen MR) is 94.4 cm³/mol. The molecule has 0 spiro atoms. The fourth-order valence-corrected chi connectivity index (χ4v) is 2.60. The van der Waals surface area contributed by atoms with Gasteiger partial charge in [-0.3, -0.25) is 4.79 Å². The first kappa shape index (κ1) is 16.6. The van der Waals surface area contributed by atoms with Crippen molar-refractivity contribution in [2.75, 3.05) is 0 Å². The highest BCUT2D eigenvalue weighted by Crippen LogP contribution is 2.23. The summed E-state index contributed by atoms with van der Waals surface area (Å²) in [5.41, 5.74) is 1.10. The Labute approximate surface area is 153 Å². The maximum atomic E-state index is 13.8. The number of halogens is 1. The van der Waals surface area contributed by atoms with Crippen LogP contribution < -0.4 is 5.32 Å². The summed E-state index contributed by atoms with van der Waals surface area (Å²) in [6, 6.07) is 13.0. The molecule has 134 valence electrons. The molecule has 4 rings (SSSR count). The molecule has 1 aromatic carbocycles. The van der Waals surface area contributed by atoms with Crippen LogP contribution in [0.3, 0.4) is 0 Å². The van der Waals surface area contributed by atoms with E-state index in [1.165, 1.54) is 12.1 Å². The fraction of sp³-hybridized carbons (Fsp3) is 0.0526. The van der Waals surface area contributed by atoms with Crippen LogP contribution in [-0.2, 0) is 6.54 Å². The van der Waals surface area contributed by atoms with Crippen LogP contribution in [0.2, 0.25) is 0 Å². The summed E-state index contributed by atoms with van der Waals surface area (Å²) in [6.07, 6.45) is 5.07. The average Bonchev–Trinajstić information content (AvgIpc) is 3.39. The van der Waals surface area contributed by atoms with Crippen molar-refractivity contribution in [2.24, 2.45) is 0 Å². The van der Waals surface area contributed by atoms with Crippen LogP contribution in [0.5, 0.6) is 0 Å². The molecule has 3 heterocycles. The third-order valence-electron chi connectivity index (χ3n) is 3.91. The largest absolute Gasteiger partial charge is 0.355 e. The molecule has 0 aliphatic rings. The van der Waals surface area contributed by atoms with E-state index >= 15 is 0 Å². The SMILES string of the molecule is O=C(NCc1cccnc1-n1cccn1)c1cc(-c2ccccc2F)on1. The molecule has 1 N–H and O–H groups in total. The van der Waals surface area contributed by atoms with E-state index in [-0.39, 0.29) is 23.6 Å². The number of carbonyl (C=O) groups excluding carboxylic acids is 1. The number of carbonyl (C=O) groups is 1. The van der Waals surface area contributed by atoms with Gasteiger partial charge in [-0.05, 0) is 24.3 Å². The third kappa shape index (κ3) is 3.45. The van der Waals surface area contributed by atoms with E-state index in [9.17, 15) is 9.18 Å². The average molecular weight is 363 g/mol. The number of pyridine rings is 1. The molecule has 0 radical (unpaired) electrons. The molecule has 0 atom stereocenters. The summed E-state index contributed by atoms with van der Waals surface area (Å²) < 4.78 is 20.6. The first-order valence-corrected chi connectivity index (χ1v) is 8.16. The molecule has 7 nitrogen and oxygen atoms in total. The monoisotopic (exact) mass is 363 g/mol. The Kier molecular flexibility index (Phi) is 4.44. The zero-order valence-electron chi connectivity index (χ0n) is 14.0. The topological polar surface area (TPSA) is 85.8 Å². The van der Waals surface area contributed by atoms with Crippen molar-refractivity contribution < 1.29 is 13.7 Å². The number of aromatic nitrogens is 4. The van der Waals surface area contributed by atoms with E-state index < -0.39 is 11.7 Å². The lowest BCUT2D eigenvalue weighted by atomic mass is 10.1. The second kappa shape index (κ2) is 7.20. The van der Waals surface area contributed by atoms with E-state index in [1.54, 1.807) is 53.6 Å². The van der Waals surface area contributed by atoms with Gasteiger partial charge in [-0.1, -0.05) is 23.4 Å². The van der Waals surface area contributed by atoms with Gasteiger partial charge in [0, 0.05) is 36.8 Å². The standard InChI is InChI=1S/C19H14FN5O2/c20-15-7-2-1-6-14(15)17-11-16(24-27-17)19(26)22-12-13-5-3-8-21-18(13)25-10-4-9-23-25/h1-11H,12H2,(H,22,26). The molecule has 0 aliphatic heterocycles. The molecule has 0 saturated heterocycles. The third-order valence-corrected chi connectivity index (χ3v) is 3.91. The van der Waals surface area contributed by atoms with Gasteiger partial charge in [0.1, 0.15) is 5.82 Å². The van der Waals surface area contributed by atoms with E-state index in [4.69, 9.17) is 4.52 Å². The molecule has 27 heavy (non-hydrogen) atoms. The minimum Gasteiger partial charge on any atom is -0.355 e. The molecule has 0 saturated carbocycles. The molecule has 3 aromatic heterocycles. The molecule has 0 unspecified atom stereocenters. The second-order valence-corrected chi connectivity index (χ2v) is 5.68.